The zero-order valence-electron chi connectivity index (χ0n) is 17.6. The maximum atomic E-state index is 4.51. The Morgan fingerprint density at radius 3 is 2.46 bits per heavy atom. The fourth-order valence-corrected chi connectivity index (χ4v) is 3.95. The molecule has 0 amide bonds. The molecule has 0 saturated carbocycles. The monoisotopic (exact) mass is 370 g/mol. The van der Waals surface area contributed by atoms with Crippen molar-refractivity contribution in [1.29, 1.82) is 0 Å². The van der Waals surface area contributed by atoms with Gasteiger partial charge in [-0.15, -0.1) is 0 Å². The molecule has 0 spiro atoms. The van der Waals surface area contributed by atoms with Gasteiger partial charge in [-0.05, 0) is 35.4 Å². The first-order valence-corrected chi connectivity index (χ1v) is 9.80. The van der Waals surface area contributed by atoms with Crippen LogP contribution in [0.5, 0.6) is 0 Å². The summed E-state index contributed by atoms with van der Waals surface area (Å²) in [6, 6.07) is 15.3. The minimum absolute atomic E-state index is 0.0504. The zero-order valence-corrected chi connectivity index (χ0v) is 17.6. The van der Waals surface area contributed by atoms with Crippen LogP contribution in [0, 0.1) is 13.8 Å². The molecule has 2 aromatic carbocycles. The van der Waals surface area contributed by atoms with Crippen LogP contribution in [0.4, 0.5) is 0 Å². The molecule has 142 valence electrons. The van der Waals surface area contributed by atoms with E-state index in [4.69, 9.17) is 0 Å². The van der Waals surface area contributed by atoms with Crippen molar-refractivity contribution in [3.63, 3.8) is 0 Å². The van der Waals surface area contributed by atoms with Crippen molar-refractivity contribution >= 4 is 10.8 Å². The van der Waals surface area contributed by atoms with Crippen molar-refractivity contribution in [1.82, 2.24) is 9.55 Å². The van der Waals surface area contributed by atoms with E-state index in [1.807, 2.05) is 12.3 Å². The van der Waals surface area contributed by atoms with Crippen molar-refractivity contribution in [3.8, 4) is 16.9 Å². The summed E-state index contributed by atoms with van der Waals surface area (Å²) in [6.07, 6.45) is 6.17. The average Bonchev–Trinajstić information content (AvgIpc) is 2.97. The highest BCUT2D eigenvalue weighted by atomic mass is 15.0. The maximum absolute atomic E-state index is 4.51. The van der Waals surface area contributed by atoms with Gasteiger partial charge in [-0.1, -0.05) is 50.0 Å². The lowest BCUT2D eigenvalue weighted by atomic mass is 9.84. The molecule has 0 bridgehead atoms. The standard InChI is InChI=1S/C25H28N3/c1-17-22(24-21-11-8-7-10-19(21)16-27(24)6)14-20(25(3,4)5)15-23(17)28-13-9-12-26-18(28)2/h7-16H,1-6H3/q+1. The summed E-state index contributed by atoms with van der Waals surface area (Å²) in [6.45, 7) is 11.1. The Morgan fingerprint density at radius 2 is 1.75 bits per heavy atom. The molecule has 2 heterocycles. The number of aryl methyl sites for hydroxylation is 2. The number of nitrogens with zero attached hydrogens (tertiary/aromatic N) is 3. The predicted molar refractivity (Wildman–Crippen MR) is 116 cm³/mol. The highest BCUT2D eigenvalue weighted by Crippen LogP contribution is 2.37. The number of benzene rings is 2. The van der Waals surface area contributed by atoms with Crippen LogP contribution in [0.15, 0.2) is 61.1 Å². The molecule has 2 aromatic heterocycles. The van der Waals surface area contributed by atoms with E-state index in [2.05, 4.69) is 105 Å². The van der Waals surface area contributed by atoms with Crippen molar-refractivity contribution in [3.05, 3.63) is 78.0 Å². The van der Waals surface area contributed by atoms with Crippen LogP contribution >= 0.6 is 0 Å². The van der Waals surface area contributed by atoms with Crippen LogP contribution in [0.2, 0.25) is 0 Å². The summed E-state index contributed by atoms with van der Waals surface area (Å²) in [5.74, 6) is 0.986. The largest absolute Gasteiger partial charge is 0.349 e. The van der Waals surface area contributed by atoms with Crippen molar-refractivity contribution in [2.24, 2.45) is 7.05 Å². The van der Waals surface area contributed by atoms with Crippen LogP contribution in [-0.4, -0.2) is 9.55 Å². The third kappa shape index (κ3) is 3.01. The van der Waals surface area contributed by atoms with E-state index in [1.165, 1.54) is 38.8 Å². The Morgan fingerprint density at radius 1 is 1.00 bits per heavy atom. The normalized spacial score (nSPS) is 11.9. The second-order valence-corrected chi connectivity index (χ2v) is 8.63. The first-order valence-electron chi connectivity index (χ1n) is 9.80. The summed E-state index contributed by atoms with van der Waals surface area (Å²) in [5.41, 5.74) is 6.38. The Hall–Kier alpha value is -2.94. The molecule has 0 unspecified atom stereocenters. The minimum Gasteiger partial charge on any atom is -0.349 e. The second-order valence-electron chi connectivity index (χ2n) is 8.63. The Balaban J connectivity index is 2.09. The summed E-state index contributed by atoms with van der Waals surface area (Å²) < 4.78 is 4.45. The third-order valence-corrected chi connectivity index (χ3v) is 5.59. The molecule has 0 aliphatic rings. The first-order chi connectivity index (χ1) is 13.3. The smallest absolute Gasteiger partial charge is 0.300 e. The molecular weight excluding hydrogens is 342 g/mol. The maximum Gasteiger partial charge on any atom is 0.300 e. The number of rotatable bonds is 2. The van der Waals surface area contributed by atoms with E-state index in [0.29, 0.717) is 0 Å². The minimum atomic E-state index is 0.0504. The van der Waals surface area contributed by atoms with Gasteiger partial charge in [-0.25, -0.2) is 4.57 Å². The molecule has 0 radical (unpaired) electrons. The van der Waals surface area contributed by atoms with Gasteiger partial charge in [0.1, 0.15) is 18.1 Å². The van der Waals surface area contributed by atoms with Gasteiger partial charge >= 0.3 is 0 Å². The molecule has 0 aliphatic heterocycles. The lowest BCUT2D eigenvalue weighted by Gasteiger charge is -2.23. The molecule has 3 nitrogen and oxygen atoms in total. The van der Waals surface area contributed by atoms with Gasteiger partial charge in [0.25, 0.3) is 5.82 Å². The first kappa shape index (κ1) is 18.4. The van der Waals surface area contributed by atoms with E-state index in [9.17, 15) is 0 Å². The van der Waals surface area contributed by atoms with Gasteiger partial charge in [0, 0.05) is 42.7 Å². The van der Waals surface area contributed by atoms with Gasteiger partial charge < -0.3 is 4.57 Å². The van der Waals surface area contributed by atoms with E-state index >= 15 is 0 Å². The molecule has 4 rings (SSSR count). The van der Waals surface area contributed by atoms with Crippen LogP contribution in [-0.2, 0) is 12.5 Å². The fraction of sp³-hybridized carbons (Fsp3) is 0.280. The molecular formula is C25H28N3+. The molecule has 4 aromatic rings. The zero-order chi connectivity index (χ0) is 20.1. The quantitative estimate of drug-likeness (QED) is 0.431. The second kappa shape index (κ2) is 6.59. The van der Waals surface area contributed by atoms with E-state index < -0.39 is 0 Å². The van der Waals surface area contributed by atoms with Crippen LogP contribution in [0.3, 0.4) is 0 Å². The number of fused-ring (bicyclic) bond motifs is 1. The van der Waals surface area contributed by atoms with Crippen LogP contribution in [0.25, 0.3) is 27.7 Å². The Bertz CT molecular complexity index is 1180. The van der Waals surface area contributed by atoms with Crippen LogP contribution < -0.4 is 4.57 Å². The lowest BCUT2D eigenvalue weighted by Crippen LogP contribution is -2.36. The highest BCUT2D eigenvalue weighted by Gasteiger charge is 2.23. The van der Waals surface area contributed by atoms with E-state index in [-0.39, 0.29) is 5.41 Å². The topological polar surface area (TPSA) is 21.7 Å². The van der Waals surface area contributed by atoms with Crippen LogP contribution in [0.1, 0.15) is 37.7 Å². The fourth-order valence-electron chi connectivity index (χ4n) is 3.95. The molecule has 0 atom stereocenters. The van der Waals surface area contributed by atoms with Crippen molar-refractivity contribution < 1.29 is 4.57 Å². The summed E-state index contributed by atoms with van der Waals surface area (Å²) in [5, 5.41) is 2.56. The lowest BCUT2D eigenvalue weighted by molar-refractivity contribution is -0.606. The summed E-state index contributed by atoms with van der Waals surface area (Å²) >= 11 is 0. The van der Waals surface area contributed by atoms with Gasteiger partial charge in [0.05, 0.1) is 5.69 Å². The van der Waals surface area contributed by atoms with E-state index in [0.717, 1.165) is 5.82 Å². The van der Waals surface area contributed by atoms with Crippen molar-refractivity contribution in [2.75, 3.05) is 0 Å². The third-order valence-electron chi connectivity index (χ3n) is 5.59. The Labute approximate surface area is 167 Å². The summed E-state index contributed by atoms with van der Waals surface area (Å²) in [4.78, 5) is 4.51. The van der Waals surface area contributed by atoms with Gasteiger partial charge in [0.15, 0.2) is 0 Å². The molecule has 28 heavy (non-hydrogen) atoms. The molecule has 0 aliphatic carbocycles. The molecule has 0 fully saturated rings. The molecule has 0 saturated heterocycles. The van der Waals surface area contributed by atoms with Gasteiger partial charge in [0.2, 0.25) is 0 Å². The van der Waals surface area contributed by atoms with Gasteiger partial charge in [-0.2, -0.15) is 0 Å². The highest BCUT2D eigenvalue weighted by molar-refractivity contribution is 5.97. The van der Waals surface area contributed by atoms with Crippen molar-refractivity contribution in [2.45, 2.75) is 40.0 Å². The number of hydrogen-bond donors (Lipinski definition) is 0. The number of hydrogen-bond acceptors (Lipinski definition) is 1. The molecule has 0 N–H and O–H groups in total. The molecule has 3 heteroatoms. The summed E-state index contributed by atoms with van der Waals surface area (Å²) in [7, 11) is 2.14. The SMILES string of the molecule is Cc1c(-c2c3ccccc3cn2C)cc(C(C)(C)C)cc1-[n+]1cccnc1C. The van der Waals surface area contributed by atoms with E-state index in [1.54, 1.807) is 0 Å². The number of aromatic nitrogens is 3. The predicted octanol–water partition coefficient (Wildman–Crippen LogP) is 5.43. The Kier molecular flexibility index (Phi) is 4.34. The average molecular weight is 371 g/mol. The van der Waals surface area contributed by atoms with Gasteiger partial charge in [-0.3, -0.25) is 0 Å².